The number of hydrogen-bond acceptors (Lipinski definition) is 8. The molecule has 0 fully saturated rings. The number of nitrogens with one attached hydrogen (secondary N) is 2. The van der Waals surface area contributed by atoms with Crippen LogP contribution in [0.1, 0.15) is 19.0 Å². The van der Waals surface area contributed by atoms with Crippen molar-refractivity contribution in [1.29, 1.82) is 0 Å². The van der Waals surface area contributed by atoms with Crippen molar-refractivity contribution in [3.63, 3.8) is 0 Å². The molecule has 0 saturated heterocycles. The number of hydrogen-bond donors (Lipinski definition) is 3. The molecule has 0 aliphatic heterocycles. The van der Waals surface area contributed by atoms with E-state index in [1.54, 1.807) is 78.3 Å². The van der Waals surface area contributed by atoms with Crippen LogP contribution in [0.5, 0.6) is 0 Å². The molecule has 0 atom stereocenters. The first-order valence-corrected chi connectivity index (χ1v) is 12.7. The molecule has 3 aromatic heterocycles. The van der Waals surface area contributed by atoms with E-state index < -0.39 is 10.0 Å². The van der Waals surface area contributed by atoms with Crippen molar-refractivity contribution in [3.05, 3.63) is 91.3 Å². The molecule has 4 aromatic rings. The fraction of sp³-hybridized carbons (Fsp3) is 0.160. The first kappa shape index (κ1) is 24.9. The van der Waals surface area contributed by atoms with Gasteiger partial charge in [0.15, 0.2) is 0 Å². The van der Waals surface area contributed by atoms with Gasteiger partial charge in [0.2, 0.25) is 16.0 Å². The van der Waals surface area contributed by atoms with Crippen LogP contribution in [0.25, 0.3) is 22.8 Å². The smallest absolute Gasteiger partial charge is 0.306 e. The number of anilines is 1. The second-order valence-corrected chi connectivity index (χ2v) is 9.53. The topological polar surface area (TPSA) is 135 Å². The minimum atomic E-state index is -3.55. The third-order valence-electron chi connectivity index (χ3n) is 5.08. The number of aromatic nitrogens is 4. The van der Waals surface area contributed by atoms with Gasteiger partial charge >= 0.3 is 5.84 Å². The molecule has 0 spiro atoms. The summed E-state index contributed by atoms with van der Waals surface area (Å²) in [4.78, 5) is 13.7. The van der Waals surface area contributed by atoms with Crippen LogP contribution in [-0.4, -0.2) is 46.0 Å². The highest BCUT2D eigenvalue weighted by Crippen LogP contribution is 2.30. The molecule has 10 nitrogen and oxygen atoms in total. The zero-order valence-electron chi connectivity index (χ0n) is 19.6. The van der Waals surface area contributed by atoms with Crippen LogP contribution in [0.4, 0.5) is 5.95 Å². The summed E-state index contributed by atoms with van der Waals surface area (Å²) in [5.74, 6) is 0.871. The van der Waals surface area contributed by atoms with Crippen LogP contribution in [-0.2, 0) is 10.0 Å². The number of imidazole rings is 1. The first-order valence-electron chi connectivity index (χ1n) is 11.2. The van der Waals surface area contributed by atoms with Crippen molar-refractivity contribution < 1.29 is 17.9 Å². The van der Waals surface area contributed by atoms with E-state index in [0.717, 1.165) is 0 Å². The van der Waals surface area contributed by atoms with Crippen LogP contribution >= 0.6 is 0 Å². The molecule has 3 N–H and O–H groups in total. The maximum Gasteiger partial charge on any atom is 0.306 e. The van der Waals surface area contributed by atoms with E-state index in [1.807, 2.05) is 0 Å². The second-order valence-electron chi connectivity index (χ2n) is 7.76. The Labute approximate surface area is 208 Å². The van der Waals surface area contributed by atoms with Gasteiger partial charge in [0, 0.05) is 31.1 Å². The highest BCUT2D eigenvalue weighted by molar-refractivity contribution is 7.89. The number of nitrogens with zero attached hydrogens (tertiary/aromatic N) is 4. The number of rotatable bonds is 11. The van der Waals surface area contributed by atoms with E-state index >= 15 is 0 Å². The Kier molecular flexibility index (Phi) is 7.62. The molecular formula is C25H26N6O4S. The summed E-state index contributed by atoms with van der Waals surface area (Å²) in [5.41, 5.74) is 2.44. The van der Waals surface area contributed by atoms with Crippen molar-refractivity contribution >= 4 is 27.4 Å². The van der Waals surface area contributed by atoms with Gasteiger partial charge in [0.25, 0.3) is 0 Å². The Hall–Kier alpha value is -4.22. The van der Waals surface area contributed by atoms with Crippen LogP contribution < -0.4 is 10.0 Å². The Morgan fingerprint density at radius 3 is 2.75 bits per heavy atom. The lowest BCUT2D eigenvalue weighted by Gasteiger charge is -2.09. The lowest BCUT2D eigenvalue weighted by Crippen LogP contribution is -2.26. The highest BCUT2D eigenvalue weighted by Gasteiger charge is 2.20. The lowest BCUT2D eigenvalue weighted by molar-refractivity contribution is 0.415. The van der Waals surface area contributed by atoms with E-state index in [-0.39, 0.29) is 17.2 Å². The van der Waals surface area contributed by atoms with Gasteiger partial charge in [0.1, 0.15) is 17.7 Å². The zero-order valence-corrected chi connectivity index (χ0v) is 20.4. The van der Waals surface area contributed by atoms with Crippen LogP contribution in [0, 0.1) is 0 Å². The summed E-state index contributed by atoms with van der Waals surface area (Å²) < 4.78 is 34.5. The maximum atomic E-state index is 12.3. The van der Waals surface area contributed by atoms with Gasteiger partial charge in [-0.2, -0.15) is 4.98 Å². The van der Waals surface area contributed by atoms with Gasteiger partial charge in [-0.3, -0.25) is 4.40 Å². The molecule has 0 radical (unpaired) electrons. The van der Waals surface area contributed by atoms with E-state index in [2.05, 4.69) is 31.6 Å². The summed E-state index contributed by atoms with van der Waals surface area (Å²) >= 11 is 0. The Balaban J connectivity index is 1.49. The van der Waals surface area contributed by atoms with Gasteiger partial charge in [-0.05, 0) is 37.6 Å². The molecule has 0 bridgehead atoms. The molecule has 11 heteroatoms. The van der Waals surface area contributed by atoms with E-state index in [9.17, 15) is 13.5 Å². The summed E-state index contributed by atoms with van der Waals surface area (Å²) in [5, 5.41) is 13.0. The van der Waals surface area contributed by atoms with Crippen LogP contribution in [0.3, 0.4) is 0 Å². The van der Waals surface area contributed by atoms with Crippen molar-refractivity contribution in [3.8, 4) is 11.4 Å². The number of aliphatic hydroxyl groups excluding tert-OH is 1. The summed E-state index contributed by atoms with van der Waals surface area (Å²) in [6, 6.07) is 9.98. The van der Waals surface area contributed by atoms with Gasteiger partial charge in [-0.25, -0.2) is 23.1 Å². The normalized spacial score (nSPS) is 12.7. The fourth-order valence-corrected chi connectivity index (χ4v) is 4.63. The van der Waals surface area contributed by atoms with Crippen molar-refractivity contribution in [2.45, 2.75) is 18.2 Å². The average Bonchev–Trinajstić information content (AvgIpc) is 3.45. The molecule has 0 amide bonds. The molecule has 3 heterocycles. The predicted octanol–water partition coefficient (Wildman–Crippen LogP) is 4.20. The number of benzene rings is 1. The molecule has 36 heavy (non-hydrogen) atoms. The number of allylic oxidation sites excluding steroid dienone is 5. The SMILES string of the molecule is C=C/C=C(\C=C(/C)O)c1nc2occn2c1-c1ccnc(NCCCNS(=O)(=O)c2ccccc2)n1. The third-order valence-corrected chi connectivity index (χ3v) is 6.55. The Bertz CT molecular complexity index is 1520. The van der Waals surface area contributed by atoms with Crippen LogP contribution in [0.2, 0.25) is 0 Å². The Morgan fingerprint density at radius 2 is 2.00 bits per heavy atom. The largest absolute Gasteiger partial charge is 0.513 e. The van der Waals surface area contributed by atoms with Crippen LogP contribution in [0.15, 0.2) is 94.9 Å². The number of sulfonamides is 1. The average molecular weight is 507 g/mol. The maximum absolute atomic E-state index is 12.3. The minimum Gasteiger partial charge on any atom is -0.513 e. The van der Waals surface area contributed by atoms with E-state index in [0.29, 0.717) is 47.4 Å². The van der Waals surface area contributed by atoms with Crippen molar-refractivity contribution in [1.82, 2.24) is 24.1 Å². The van der Waals surface area contributed by atoms with Crippen molar-refractivity contribution in [2.75, 3.05) is 18.4 Å². The number of fused-ring (bicyclic) bond motifs is 1. The molecule has 1 aromatic carbocycles. The zero-order chi connectivity index (χ0) is 25.5. The first-order chi connectivity index (χ1) is 17.4. The molecule has 0 aliphatic carbocycles. The molecular weight excluding hydrogens is 480 g/mol. The lowest BCUT2D eigenvalue weighted by atomic mass is 10.1. The highest BCUT2D eigenvalue weighted by atomic mass is 32.2. The molecule has 0 aliphatic rings. The number of aliphatic hydroxyl groups is 1. The molecule has 0 saturated carbocycles. The van der Waals surface area contributed by atoms with E-state index in [4.69, 9.17) is 4.42 Å². The van der Waals surface area contributed by atoms with Gasteiger partial charge in [0.05, 0.1) is 16.3 Å². The third kappa shape index (κ3) is 5.70. The molecule has 186 valence electrons. The van der Waals surface area contributed by atoms with E-state index in [1.165, 1.54) is 6.26 Å². The summed E-state index contributed by atoms with van der Waals surface area (Å²) in [6.07, 6.45) is 10.3. The molecule has 0 unspecified atom stereocenters. The van der Waals surface area contributed by atoms with Gasteiger partial charge in [-0.1, -0.05) is 36.9 Å². The predicted molar refractivity (Wildman–Crippen MR) is 138 cm³/mol. The van der Waals surface area contributed by atoms with Gasteiger partial charge in [-0.15, -0.1) is 0 Å². The standard InChI is InChI=1S/C25H26N6O4S/c1-3-8-19(17-18(2)32)22-23(31-15-16-35-25(31)30-22)21-11-14-27-24(29-21)26-12-7-13-28-36(33,34)20-9-5-4-6-10-20/h3-6,8-11,14-17,28,32H,1,7,12-13H2,2H3,(H,26,27,29)/b18-17+,19-8+. The monoisotopic (exact) mass is 506 g/mol. The minimum absolute atomic E-state index is 0.117. The second kappa shape index (κ2) is 11.0. The van der Waals surface area contributed by atoms with Gasteiger partial charge < -0.3 is 14.8 Å². The summed E-state index contributed by atoms with van der Waals surface area (Å²) in [6.45, 7) is 6.03. The Morgan fingerprint density at radius 1 is 1.19 bits per heavy atom. The quantitative estimate of drug-likeness (QED) is 0.157. The van der Waals surface area contributed by atoms with Crippen molar-refractivity contribution in [2.24, 2.45) is 0 Å². The fourth-order valence-electron chi connectivity index (χ4n) is 3.53. The molecule has 4 rings (SSSR count). The summed E-state index contributed by atoms with van der Waals surface area (Å²) in [7, 11) is -3.55. The number of oxazole rings is 1.